The van der Waals surface area contributed by atoms with Crippen molar-refractivity contribution >= 4 is 11.0 Å². The Kier molecular flexibility index (Phi) is 4.21. The van der Waals surface area contributed by atoms with Crippen molar-refractivity contribution in [3.05, 3.63) is 45.3 Å². The second-order valence-electron chi connectivity index (χ2n) is 7.70. The molecule has 0 bridgehead atoms. The van der Waals surface area contributed by atoms with Gasteiger partial charge in [0.15, 0.2) is 0 Å². The summed E-state index contributed by atoms with van der Waals surface area (Å²) in [4.78, 5) is 14.7. The van der Waals surface area contributed by atoms with E-state index >= 15 is 0 Å². The van der Waals surface area contributed by atoms with Crippen LogP contribution >= 0.6 is 0 Å². The minimum Gasteiger partial charge on any atom is -0.422 e. The lowest BCUT2D eigenvalue weighted by atomic mass is 9.78. The Hall–Kier alpha value is -1.61. The molecule has 0 radical (unpaired) electrons. The standard InChI is InChI=1S/C21H27NO2/c1-14-9-10-18-17(12-20(23)24-21(18)15(14)2)13-22-11-5-7-16-6-3-4-8-19(16)22/h9-10,12,16,19H,3-8,11,13H2,1-2H3/t16-,19+/m1/s1. The van der Waals surface area contributed by atoms with Crippen LogP contribution in [0, 0.1) is 19.8 Å². The highest BCUT2D eigenvalue weighted by Crippen LogP contribution is 2.36. The molecule has 1 aromatic heterocycles. The zero-order chi connectivity index (χ0) is 16.7. The van der Waals surface area contributed by atoms with E-state index in [4.69, 9.17) is 4.42 Å². The molecule has 0 amide bonds. The van der Waals surface area contributed by atoms with Crippen molar-refractivity contribution in [3.8, 4) is 0 Å². The SMILES string of the molecule is Cc1ccc2c(CN3CCC[C@H]4CCCC[C@@H]43)cc(=O)oc2c1C. The lowest BCUT2D eigenvalue weighted by Crippen LogP contribution is -2.46. The normalized spacial score (nSPS) is 24.9. The van der Waals surface area contributed by atoms with E-state index in [0.29, 0.717) is 6.04 Å². The van der Waals surface area contributed by atoms with Gasteiger partial charge in [-0.15, -0.1) is 0 Å². The summed E-state index contributed by atoms with van der Waals surface area (Å²) in [6, 6.07) is 6.68. The average Bonchev–Trinajstić information content (AvgIpc) is 2.59. The molecule has 0 N–H and O–H groups in total. The highest BCUT2D eigenvalue weighted by molar-refractivity contribution is 5.83. The van der Waals surface area contributed by atoms with Crippen LogP contribution in [0.1, 0.15) is 55.2 Å². The van der Waals surface area contributed by atoms with Gasteiger partial charge in [0.1, 0.15) is 5.58 Å². The number of likely N-dealkylation sites (tertiary alicyclic amines) is 1. The third-order valence-corrected chi connectivity index (χ3v) is 6.25. The predicted octanol–water partition coefficient (Wildman–Crippen LogP) is 4.56. The first-order valence-electron chi connectivity index (χ1n) is 9.40. The van der Waals surface area contributed by atoms with E-state index in [0.717, 1.165) is 41.1 Å². The van der Waals surface area contributed by atoms with E-state index in [-0.39, 0.29) is 5.63 Å². The highest BCUT2D eigenvalue weighted by Gasteiger charge is 2.33. The second-order valence-corrected chi connectivity index (χ2v) is 7.70. The summed E-state index contributed by atoms with van der Waals surface area (Å²) in [6.45, 7) is 6.15. The minimum atomic E-state index is -0.219. The highest BCUT2D eigenvalue weighted by atomic mass is 16.4. The molecule has 1 aliphatic heterocycles. The molecular weight excluding hydrogens is 298 g/mol. The van der Waals surface area contributed by atoms with Crippen LogP contribution in [0.2, 0.25) is 0 Å². The number of benzene rings is 1. The van der Waals surface area contributed by atoms with Gasteiger partial charge in [0, 0.05) is 24.0 Å². The van der Waals surface area contributed by atoms with Crippen molar-refractivity contribution < 1.29 is 4.42 Å². The van der Waals surface area contributed by atoms with E-state index in [2.05, 4.69) is 24.0 Å². The predicted molar refractivity (Wildman–Crippen MR) is 97.3 cm³/mol. The summed E-state index contributed by atoms with van der Waals surface area (Å²) in [5.74, 6) is 0.864. The maximum atomic E-state index is 12.1. The van der Waals surface area contributed by atoms with Crippen molar-refractivity contribution in [2.75, 3.05) is 6.54 Å². The summed E-state index contributed by atoms with van der Waals surface area (Å²) in [6.07, 6.45) is 8.13. The van der Waals surface area contributed by atoms with Crippen LogP contribution in [0.4, 0.5) is 0 Å². The summed E-state index contributed by atoms with van der Waals surface area (Å²) in [7, 11) is 0. The Morgan fingerprint density at radius 3 is 2.79 bits per heavy atom. The van der Waals surface area contributed by atoms with Crippen LogP contribution in [-0.2, 0) is 6.54 Å². The number of aryl methyl sites for hydroxylation is 2. The molecule has 3 heteroatoms. The summed E-state index contributed by atoms with van der Waals surface area (Å²) < 4.78 is 5.54. The first-order chi connectivity index (χ1) is 11.6. The zero-order valence-corrected chi connectivity index (χ0v) is 14.8. The lowest BCUT2D eigenvalue weighted by molar-refractivity contribution is 0.0549. The van der Waals surface area contributed by atoms with Crippen molar-refractivity contribution in [2.45, 2.75) is 65.0 Å². The molecule has 2 atom stereocenters. The van der Waals surface area contributed by atoms with Gasteiger partial charge >= 0.3 is 5.63 Å². The molecule has 0 spiro atoms. The van der Waals surface area contributed by atoms with Gasteiger partial charge in [-0.2, -0.15) is 0 Å². The molecule has 1 aromatic carbocycles. The fourth-order valence-corrected chi connectivity index (χ4v) is 4.80. The van der Waals surface area contributed by atoms with Crippen LogP contribution in [0.15, 0.2) is 27.4 Å². The van der Waals surface area contributed by atoms with Gasteiger partial charge < -0.3 is 4.42 Å². The number of piperidine rings is 1. The van der Waals surface area contributed by atoms with Crippen molar-refractivity contribution in [1.29, 1.82) is 0 Å². The second kappa shape index (κ2) is 6.36. The van der Waals surface area contributed by atoms with Crippen molar-refractivity contribution in [1.82, 2.24) is 4.90 Å². The third kappa shape index (κ3) is 2.79. The van der Waals surface area contributed by atoms with Gasteiger partial charge in [-0.25, -0.2) is 4.79 Å². The maximum Gasteiger partial charge on any atom is 0.336 e. The van der Waals surface area contributed by atoms with Crippen molar-refractivity contribution in [2.24, 2.45) is 5.92 Å². The third-order valence-electron chi connectivity index (χ3n) is 6.25. The number of nitrogens with zero attached hydrogens (tertiary/aromatic N) is 1. The quantitative estimate of drug-likeness (QED) is 0.759. The Labute approximate surface area is 143 Å². The lowest BCUT2D eigenvalue weighted by Gasteiger charge is -2.44. The fraction of sp³-hybridized carbons (Fsp3) is 0.571. The van der Waals surface area contributed by atoms with Gasteiger partial charge in [-0.3, -0.25) is 4.90 Å². The molecule has 4 rings (SSSR count). The average molecular weight is 325 g/mol. The Balaban J connectivity index is 1.71. The zero-order valence-electron chi connectivity index (χ0n) is 14.8. The fourth-order valence-electron chi connectivity index (χ4n) is 4.80. The van der Waals surface area contributed by atoms with Gasteiger partial charge in [0.2, 0.25) is 0 Å². The van der Waals surface area contributed by atoms with Gasteiger partial charge in [0.05, 0.1) is 0 Å². The Morgan fingerprint density at radius 1 is 1.12 bits per heavy atom. The molecule has 2 aliphatic rings. The largest absolute Gasteiger partial charge is 0.422 e. The van der Waals surface area contributed by atoms with Crippen LogP contribution in [-0.4, -0.2) is 17.5 Å². The number of rotatable bonds is 2. The molecule has 2 fully saturated rings. The van der Waals surface area contributed by atoms with Crippen molar-refractivity contribution in [3.63, 3.8) is 0 Å². The van der Waals surface area contributed by atoms with E-state index < -0.39 is 0 Å². The smallest absolute Gasteiger partial charge is 0.336 e. The minimum absolute atomic E-state index is 0.219. The Morgan fingerprint density at radius 2 is 1.92 bits per heavy atom. The van der Waals surface area contributed by atoms with Crippen LogP contribution in [0.5, 0.6) is 0 Å². The first-order valence-corrected chi connectivity index (χ1v) is 9.40. The van der Waals surface area contributed by atoms with Gasteiger partial charge in [0.25, 0.3) is 0 Å². The van der Waals surface area contributed by atoms with E-state index in [1.807, 2.05) is 6.92 Å². The maximum absolute atomic E-state index is 12.1. The van der Waals surface area contributed by atoms with E-state index in [9.17, 15) is 4.79 Å². The molecule has 1 aliphatic carbocycles. The Bertz CT molecular complexity index is 805. The molecule has 2 aromatic rings. The molecule has 0 unspecified atom stereocenters. The van der Waals surface area contributed by atoms with Crippen LogP contribution < -0.4 is 5.63 Å². The molecule has 1 saturated carbocycles. The number of hydrogen-bond donors (Lipinski definition) is 0. The summed E-state index contributed by atoms with van der Waals surface area (Å²) in [5.41, 5.74) is 3.95. The van der Waals surface area contributed by atoms with E-state index in [1.54, 1.807) is 6.07 Å². The molecule has 24 heavy (non-hydrogen) atoms. The number of fused-ring (bicyclic) bond motifs is 2. The summed E-state index contributed by atoms with van der Waals surface area (Å²) >= 11 is 0. The van der Waals surface area contributed by atoms with Gasteiger partial charge in [-0.1, -0.05) is 25.0 Å². The van der Waals surface area contributed by atoms with Crippen LogP contribution in [0.25, 0.3) is 11.0 Å². The molecule has 2 heterocycles. The molecule has 128 valence electrons. The summed E-state index contributed by atoms with van der Waals surface area (Å²) in [5, 5.41) is 1.11. The topological polar surface area (TPSA) is 33.5 Å². The first kappa shape index (κ1) is 15.9. The molecule has 3 nitrogen and oxygen atoms in total. The van der Waals surface area contributed by atoms with Crippen LogP contribution in [0.3, 0.4) is 0 Å². The number of hydrogen-bond acceptors (Lipinski definition) is 3. The monoisotopic (exact) mass is 325 g/mol. The van der Waals surface area contributed by atoms with Gasteiger partial charge in [-0.05, 0) is 68.7 Å². The molecule has 1 saturated heterocycles. The molecular formula is C21H27NO2. The van der Waals surface area contributed by atoms with E-state index in [1.165, 1.54) is 44.1 Å².